The molecule has 0 amide bonds. The number of benzene rings is 1. The van der Waals surface area contributed by atoms with Crippen molar-refractivity contribution in [2.24, 2.45) is 5.73 Å². The largest absolute Gasteiger partial charge is 0.360 e. The molecule has 0 aliphatic heterocycles. The summed E-state index contributed by atoms with van der Waals surface area (Å²) in [7, 11) is 0. The molecule has 2 heterocycles. The molecule has 22 heavy (non-hydrogen) atoms. The molecule has 0 fully saturated rings. The van der Waals surface area contributed by atoms with Gasteiger partial charge in [-0.1, -0.05) is 12.1 Å². The van der Waals surface area contributed by atoms with Crippen LogP contribution in [0.3, 0.4) is 0 Å². The molecule has 0 saturated heterocycles. The van der Waals surface area contributed by atoms with Crippen molar-refractivity contribution in [2.45, 2.75) is 12.8 Å². The lowest BCUT2D eigenvalue weighted by molar-refractivity contribution is 0.631. The van der Waals surface area contributed by atoms with Gasteiger partial charge < -0.3 is 10.7 Å². The van der Waals surface area contributed by atoms with Gasteiger partial charge in [0.15, 0.2) is 0 Å². The molecule has 112 valence electrons. The normalized spacial score (nSPS) is 10.8. The van der Waals surface area contributed by atoms with Gasteiger partial charge >= 0.3 is 0 Å². The van der Waals surface area contributed by atoms with Crippen molar-refractivity contribution in [2.75, 3.05) is 6.54 Å². The van der Waals surface area contributed by atoms with Crippen molar-refractivity contribution in [1.82, 2.24) is 9.97 Å². The Morgan fingerprint density at radius 3 is 2.59 bits per heavy atom. The predicted octanol–water partition coefficient (Wildman–Crippen LogP) is 3.77. The smallest absolute Gasteiger partial charge is 0.132 e. The highest BCUT2D eigenvalue weighted by atomic mass is 19.1. The molecule has 0 spiro atoms. The Hall–Kier alpha value is -2.46. The van der Waals surface area contributed by atoms with E-state index in [2.05, 4.69) is 9.97 Å². The molecule has 0 radical (unpaired) electrons. The molecule has 3 N–H and O–H groups in total. The first kappa shape index (κ1) is 14.5. The summed E-state index contributed by atoms with van der Waals surface area (Å²) in [6, 6.07) is 10.7. The van der Waals surface area contributed by atoms with Gasteiger partial charge in [0.1, 0.15) is 5.82 Å². The van der Waals surface area contributed by atoms with Crippen LogP contribution in [-0.2, 0) is 6.42 Å². The minimum atomic E-state index is -0.231. The highest BCUT2D eigenvalue weighted by molar-refractivity contribution is 5.84. The zero-order chi connectivity index (χ0) is 15.4. The SMILES string of the molecule is NCCCc1c[nH]c(-c2ccccc2F)c1-c1ccncc1. The fraction of sp³-hybridized carbons (Fsp3) is 0.167. The summed E-state index contributed by atoms with van der Waals surface area (Å²) in [5.74, 6) is -0.231. The van der Waals surface area contributed by atoms with Crippen LogP contribution in [-0.4, -0.2) is 16.5 Å². The Kier molecular flexibility index (Phi) is 4.30. The van der Waals surface area contributed by atoms with Crippen molar-refractivity contribution in [3.8, 4) is 22.4 Å². The zero-order valence-corrected chi connectivity index (χ0v) is 12.2. The fourth-order valence-electron chi connectivity index (χ4n) is 2.68. The molecule has 2 aromatic heterocycles. The van der Waals surface area contributed by atoms with Crippen LogP contribution in [0.25, 0.3) is 22.4 Å². The number of rotatable bonds is 5. The van der Waals surface area contributed by atoms with Crippen LogP contribution in [0.1, 0.15) is 12.0 Å². The molecule has 4 heteroatoms. The number of H-pyrrole nitrogens is 1. The third kappa shape index (κ3) is 2.78. The summed E-state index contributed by atoms with van der Waals surface area (Å²) >= 11 is 0. The summed E-state index contributed by atoms with van der Waals surface area (Å²) < 4.78 is 14.2. The van der Waals surface area contributed by atoms with E-state index >= 15 is 0 Å². The van der Waals surface area contributed by atoms with Crippen LogP contribution in [0.4, 0.5) is 4.39 Å². The van der Waals surface area contributed by atoms with E-state index in [1.807, 2.05) is 24.4 Å². The van der Waals surface area contributed by atoms with E-state index < -0.39 is 0 Å². The topological polar surface area (TPSA) is 54.7 Å². The summed E-state index contributed by atoms with van der Waals surface area (Å²) in [5, 5.41) is 0. The number of pyridine rings is 1. The van der Waals surface area contributed by atoms with Gasteiger partial charge in [0.25, 0.3) is 0 Å². The average molecular weight is 295 g/mol. The van der Waals surface area contributed by atoms with Crippen LogP contribution in [0.15, 0.2) is 55.0 Å². The van der Waals surface area contributed by atoms with Gasteiger partial charge in [0.05, 0.1) is 5.69 Å². The van der Waals surface area contributed by atoms with Gasteiger partial charge in [0, 0.05) is 29.7 Å². The van der Waals surface area contributed by atoms with E-state index in [0.717, 1.165) is 35.2 Å². The lowest BCUT2D eigenvalue weighted by atomic mass is 9.96. The maximum atomic E-state index is 14.2. The molecule has 0 bridgehead atoms. The molecule has 3 aromatic rings. The maximum absolute atomic E-state index is 14.2. The second-order valence-electron chi connectivity index (χ2n) is 5.17. The van der Waals surface area contributed by atoms with Gasteiger partial charge in [-0.05, 0) is 54.8 Å². The van der Waals surface area contributed by atoms with E-state index in [1.165, 1.54) is 6.07 Å². The van der Waals surface area contributed by atoms with E-state index in [9.17, 15) is 4.39 Å². The monoisotopic (exact) mass is 295 g/mol. The lowest BCUT2D eigenvalue weighted by Gasteiger charge is -2.09. The Bertz CT molecular complexity index is 750. The number of hydrogen-bond acceptors (Lipinski definition) is 2. The molecule has 0 unspecified atom stereocenters. The summed E-state index contributed by atoms with van der Waals surface area (Å²) in [4.78, 5) is 7.30. The van der Waals surface area contributed by atoms with Gasteiger partial charge in [-0.2, -0.15) is 0 Å². The molecule has 1 aromatic carbocycles. The zero-order valence-electron chi connectivity index (χ0n) is 12.2. The summed E-state index contributed by atoms with van der Waals surface area (Å²) in [5.41, 5.74) is 10.2. The van der Waals surface area contributed by atoms with Gasteiger partial charge in [-0.15, -0.1) is 0 Å². The van der Waals surface area contributed by atoms with Crippen molar-refractivity contribution >= 4 is 0 Å². The van der Waals surface area contributed by atoms with Crippen molar-refractivity contribution < 1.29 is 4.39 Å². The first-order valence-electron chi connectivity index (χ1n) is 7.37. The van der Waals surface area contributed by atoms with Crippen LogP contribution in [0.2, 0.25) is 0 Å². The Morgan fingerprint density at radius 1 is 1.09 bits per heavy atom. The number of aromatic nitrogens is 2. The summed E-state index contributed by atoms with van der Waals surface area (Å²) in [6.45, 7) is 0.635. The highest BCUT2D eigenvalue weighted by Gasteiger charge is 2.16. The Labute approximate surface area is 129 Å². The fourth-order valence-corrected chi connectivity index (χ4v) is 2.68. The van der Waals surface area contributed by atoms with Crippen LogP contribution >= 0.6 is 0 Å². The van der Waals surface area contributed by atoms with E-state index in [1.54, 1.807) is 24.5 Å². The minimum Gasteiger partial charge on any atom is -0.360 e. The highest BCUT2D eigenvalue weighted by Crippen LogP contribution is 2.35. The van der Waals surface area contributed by atoms with Crippen LogP contribution in [0.5, 0.6) is 0 Å². The molecule has 0 atom stereocenters. The van der Waals surface area contributed by atoms with Crippen LogP contribution in [0, 0.1) is 5.82 Å². The lowest BCUT2D eigenvalue weighted by Crippen LogP contribution is -2.00. The third-order valence-electron chi connectivity index (χ3n) is 3.72. The number of aromatic amines is 1. The van der Waals surface area contributed by atoms with Crippen molar-refractivity contribution in [3.05, 3.63) is 66.4 Å². The number of halogens is 1. The number of hydrogen-bond donors (Lipinski definition) is 2. The second kappa shape index (κ2) is 6.54. The summed E-state index contributed by atoms with van der Waals surface area (Å²) in [6.07, 6.45) is 7.21. The molecule has 0 aliphatic carbocycles. The van der Waals surface area contributed by atoms with Gasteiger partial charge in [-0.25, -0.2) is 4.39 Å². The first-order valence-corrected chi connectivity index (χ1v) is 7.37. The first-order chi connectivity index (χ1) is 10.8. The number of aryl methyl sites for hydroxylation is 1. The standard InChI is InChI=1S/C18H18FN3/c19-16-6-2-1-5-15(16)18-17(13-7-10-21-11-8-13)14(12-22-18)4-3-9-20/h1-2,5-8,10-12,22H,3-4,9,20H2. The maximum Gasteiger partial charge on any atom is 0.132 e. The van der Waals surface area contributed by atoms with E-state index in [-0.39, 0.29) is 5.82 Å². The quantitative estimate of drug-likeness (QED) is 0.752. The molecule has 0 saturated carbocycles. The third-order valence-corrected chi connectivity index (χ3v) is 3.72. The van der Waals surface area contributed by atoms with Crippen LogP contribution < -0.4 is 5.73 Å². The average Bonchev–Trinajstić information content (AvgIpc) is 2.98. The number of nitrogens with zero attached hydrogens (tertiary/aromatic N) is 1. The minimum absolute atomic E-state index is 0.231. The molecule has 3 rings (SSSR count). The van der Waals surface area contributed by atoms with E-state index in [0.29, 0.717) is 12.1 Å². The van der Waals surface area contributed by atoms with Gasteiger partial charge in [0.2, 0.25) is 0 Å². The molecule has 0 aliphatic rings. The second-order valence-corrected chi connectivity index (χ2v) is 5.17. The Balaban J connectivity index is 2.15. The Morgan fingerprint density at radius 2 is 1.86 bits per heavy atom. The van der Waals surface area contributed by atoms with Crippen molar-refractivity contribution in [3.63, 3.8) is 0 Å². The number of nitrogens with two attached hydrogens (primary N) is 1. The molecular formula is C18H18FN3. The predicted molar refractivity (Wildman–Crippen MR) is 86.8 cm³/mol. The molecular weight excluding hydrogens is 277 g/mol. The number of nitrogens with one attached hydrogen (secondary N) is 1. The molecule has 3 nitrogen and oxygen atoms in total. The van der Waals surface area contributed by atoms with E-state index in [4.69, 9.17) is 5.73 Å². The van der Waals surface area contributed by atoms with Gasteiger partial charge in [-0.3, -0.25) is 4.98 Å². The van der Waals surface area contributed by atoms with Crippen molar-refractivity contribution in [1.29, 1.82) is 0 Å².